The molecule has 0 saturated carbocycles. The van der Waals surface area contributed by atoms with Crippen molar-refractivity contribution in [3.05, 3.63) is 30.1 Å². The summed E-state index contributed by atoms with van der Waals surface area (Å²) in [6.07, 6.45) is 0.578. The Bertz CT molecular complexity index is 447. The first-order valence-electron chi connectivity index (χ1n) is 6.79. The van der Waals surface area contributed by atoms with Gasteiger partial charge in [-0.2, -0.15) is 0 Å². The largest absolute Gasteiger partial charge is 0.375 e. The van der Waals surface area contributed by atoms with Crippen molar-refractivity contribution >= 4 is 11.6 Å². The molecule has 0 aliphatic heterocycles. The van der Waals surface area contributed by atoms with Crippen LogP contribution in [0, 0.1) is 5.82 Å². The zero-order valence-corrected chi connectivity index (χ0v) is 12.6. The molecule has 1 unspecified atom stereocenters. The molecule has 0 radical (unpaired) electrons. The number of nitrogens with zero attached hydrogens (tertiary/aromatic N) is 1. The van der Waals surface area contributed by atoms with Crippen LogP contribution in [0.5, 0.6) is 0 Å². The van der Waals surface area contributed by atoms with Crippen LogP contribution in [0.3, 0.4) is 0 Å². The van der Waals surface area contributed by atoms with Gasteiger partial charge in [0.2, 0.25) is 5.91 Å². The van der Waals surface area contributed by atoms with Crippen molar-refractivity contribution in [2.24, 2.45) is 5.73 Å². The number of nitrogens with one attached hydrogen (secondary N) is 1. The first kappa shape index (κ1) is 16.4. The molecular formula is C15H24FN3O. The topological polar surface area (TPSA) is 58.4 Å². The van der Waals surface area contributed by atoms with E-state index in [9.17, 15) is 9.18 Å². The third-order valence-corrected chi connectivity index (χ3v) is 3.37. The Kier molecular flexibility index (Phi) is 5.51. The third kappa shape index (κ3) is 4.49. The van der Waals surface area contributed by atoms with E-state index in [1.54, 1.807) is 12.1 Å². The van der Waals surface area contributed by atoms with Gasteiger partial charge in [-0.1, -0.05) is 0 Å². The summed E-state index contributed by atoms with van der Waals surface area (Å²) >= 11 is 0. The fourth-order valence-corrected chi connectivity index (χ4v) is 2.12. The van der Waals surface area contributed by atoms with Gasteiger partial charge in [0.15, 0.2) is 0 Å². The van der Waals surface area contributed by atoms with Crippen molar-refractivity contribution in [2.45, 2.75) is 38.8 Å². The Balaban J connectivity index is 2.67. The van der Waals surface area contributed by atoms with Gasteiger partial charge in [-0.3, -0.25) is 4.79 Å². The van der Waals surface area contributed by atoms with Crippen LogP contribution in [-0.4, -0.2) is 31.1 Å². The SMILES string of the molecule is CC(C)NC(C)(CCN(C)c1ccc(F)cc1)C(N)=O. The lowest BCUT2D eigenvalue weighted by molar-refractivity contribution is -0.124. The minimum Gasteiger partial charge on any atom is -0.375 e. The highest BCUT2D eigenvalue weighted by atomic mass is 19.1. The quantitative estimate of drug-likeness (QED) is 0.802. The summed E-state index contributed by atoms with van der Waals surface area (Å²) in [5, 5.41) is 3.21. The maximum atomic E-state index is 12.9. The van der Waals surface area contributed by atoms with E-state index in [1.807, 2.05) is 32.7 Å². The van der Waals surface area contributed by atoms with Crippen molar-refractivity contribution < 1.29 is 9.18 Å². The molecule has 3 N–H and O–H groups in total. The number of amides is 1. The Morgan fingerprint density at radius 1 is 1.40 bits per heavy atom. The average molecular weight is 281 g/mol. The smallest absolute Gasteiger partial charge is 0.237 e. The summed E-state index contributed by atoms with van der Waals surface area (Å²) in [7, 11) is 1.91. The molecule has 0 aliphatic carbocycles. The van der Waals surface area contributed by atoms with Gasteiger partial charge in [0.05, 0.1) is 5.54 Å². The molecule has 20 heavy (non-hydrogen) atoms. The zero-order valence-electron chi connectivity index (χ0n) is 12.6. The van der Waals surface area contributed by atoms with Gasteiger partial charge in [-0.15, -0.1) is 0 Å². The van der Waals surface area contributed by atoms with Crippen molar-refractivity contribution in [3.63, 3.8) is 0 Å². The van der Waals surface area contributed by atoms with Crippen LogP contribution in [0.4, 0.5) is 10.1 Å². The van der Waals surface area contributed by atoms with E-state index < -0.39 is 5.54 Å². The van der Waals surface area contributed by atoms with Crippen LogP contribution in [0.1, 0.15) is 27.2 Å². The number of carbonyl (C=O) groups excluding carboxylic acids is 1. The molecule has 5 heteroatoms. The predicted octanol–water partition coefficient (Wildman–Crippen LogP) is 1.89. The average Bonchev–Trinajstić information content (AvgIpc) is 2.36. The number of hydrogen-bond donors (Lipinski definition) is 2. The van der Waals surface area contributed by atoms with Gasteiger partial charge < -0.3 is 16.0 Å². The molecule has 1 aromatic carbocycles. The van der Waals surface area contributed by atoms with Crippen LogP contribution in [0.25, 0.3) is 0 Å². The number of anilines is 1. The summed E-state index contributed by atoms with van der Waals surface area (Å²) < 4.78 is 12.9. The summed E-state index contributed by atoms with van der Waals surface area (Å²) in [6.45, 7) is 6.41. The summed E-state index contributed by atoms with van der Waals surface area (Å²) in [5.41, 5.74) is 5.65. The Morgan fingerprint density at radius 2 is 1.95 bits per heavy atom. The van der Waals surface area contributed by atoms with Gasteiger partial charge in [-0.25, -0.2) is 4.39 Å². The number of primary amides is 1. The Hall–Kier alpha value is -1.62. The molecule has 0 fully saturated rings. The van der Waals surface area contributed by atoms with Crippen LogP contribution in [-0.2, 0) is 4.79 Å². The molecule has 4 nitrogen and oxygen atoms in total. The van der Waals surface area contributed by atoms with Crippen molar-refractivity contribution in [3.8, 4) is 0 Å². The monoisotopic (exact) mass is 281 g/mol. The molecule has 0 heterocycles. The zero-order chi connectivity index (χ0) is 15.3. The maximum Gasteiger partial charge on any atom is 0.237 e. The lowest BCUT2D eigenvalue weighted by Gasteiger charge is -2.32. The lowest BCUT2D eigenvalue weighted by Crippen LogP contribution is -2.56. The van der Waals surface area contributed by atoms with Crippen LogP contribution in [0.2, 0.25) is 0 Å². The minimum atomic E-state index is -0.748. The number of carbonyl (C=O) groups is 1. The van der Waals surface area contributed by atoms with Gasteiger partial charge in [0.25, 0.3) is 0 Å². The van der Waals surface area contributed by atoms with E-state index in [-0.39, 0.29) is 17.8 Å². The van der Waals surface area contributed by atoms with Crippen LogP contribution < -0.4 is 16.0 Å². The highest BCUT2D eigenvalue weighted by Gasteiger charge is 2.31. The molecule has 0 bridgehead atoms. The van der Waals surface area contributed by atoms with Gasteiger partial charge >= 0.3 is 0 Å². The van der Waals surface area contributed by atoms with Crippen molar-refractivity contribution in [2.75, 3.05) is 18.5 Å². The molecule has 0 saturated heterocycles. The van der Waals surface area contributed by atoms with E-state index in [2.05, 4.69) is 5.32 Å². The second-order valence-electron chi connectivity index (χ2n) is 5.64. The van der Waals surface area contributed by atoms with Gasteiger partial charge in [0, 0.05) is 25.3 Å². The van der Waals surface area contributed by atoms with Gasteiger partial charge in [-0.05, 0) is 51.5 Å². The molecule has 112 valence electrons. The van der Waals surface area contributed by atoms with E-state index in [0.29, 0.717) is 13.0 Å². The molecule has 1 amide bonds. The van der Waals surface area contributed by atoms with Crippen LogP contribution >= 0.6 is 0 Å². The van der Waals surface area contributed by atoms with E-state index in [4.69, 9.17) is 5.73 Å². The van der Waals surface area contributed by atoms with Crippen LogP contribution in [0.15, 0.2) is 24.3 Å². The van der Waals surface area contributed by atoms with Gasteiger partial charge in [0.1, 0.15) is 5.82 Å². The first-order chi connectivity index (χ1) is 9.24. The maximum absolute atomic E-state index is 12.9. The van der Waals surface area contributed by atoms with Crippen molar-refractivity contribution in [1.82, 2.24) is 5.32 Å². The number of rotatable bonds is 7. The number of hydrogen-bond acceptors (Lipinski definition) is 3. The highest BCUT2D eigenvalue weighted by Crippen LogP contribution is 2.17. The summed E-state index contributed by atoms with van der Waals surface area (Å²) in [4.78, 5) is 13.6. The molecule has 0 aromatic heterocycles. The molecule has 1 aromatic rings. The second kappa shape index (κ2) is 6.70. The fraction of sp³-hybridized carbons (Fsp3) is 0.533. The molecule has 1 rings (SSSR count). The number of nitrogens with two attached hydrogens (primary N) is 1. The molecular weight excluding hydrogens is 257 g/mol. The standard InChI is InChI=1S/C15H24FN3O/c1-11(2)18-15(3,14(17)20)9-10-19(4)13-7-5-12(16)6-8-13/h5-8,11,18H,9-10H2,1-4H3,(H2,17,20). The van der Waals surface area contributed by atoms with E-state index >= 15 is 0 Å². The Morgan fingerprint density at radius 3 is 2.40 bits per heavy atom. The molecule has 0 spiro atoms. The highest BCUT2D eigenvalue weighted by molar-refractivity contribution is 5.84. The molecule has 0 aliphatic rings. The van der Waals surface area contributed by atoms with E-state index in [0.717, 1.165) is 5.69 Å². The number of halogens is 1. The normalized spacial score (nSPS) is 14.1. The number of benzene rings is 1. The summed E-state index contributed by atoms with van der Waals surface area (Å²) in [5.74, 6) is -0.621. The molecule has 1 atom stereocenters. The van der Waals surface area contributed by atoms with E-state index in [1.165, 1.54) is 12.1 Å². The predicted molar refractivity (Wildman–Crippen MR) is 80.2 cm³/mol. The second-order valence-corrected chi connectivity index (χ2v) is 5.64. The third-order valence-electron chi connectivity index (χ3n) is 3.37. The minimum absolute atomic E-state index is 0.170. The summed E-state index contributed by atoms with van der Waals surface area (Å²) in [6, 6.07) is 6.44. The Labute approximate surface area is 120 Å². The fourth-order valence-electron chi connectivity index (χ4n) is 2.12. The lowest BCUT2D eigenvalue weighted by atomic mass is 9.95. The first-order valence-corrected chi connectivity index (χ1v) is 6.79. The van der Waals surface area contributed by atoms with Crippen molar-refractivity contribution in [1.29, 1.82) is 0 Å².